The molecule has 0 radical (unpaired) electrons. The van der Waals surface area contributed by atoms with Crippen LogP contribution in [0.3, 0.4) is 0 Å². The molecule has 32 heavy (non-hydrogen) atoms. The van der Waals surface area contributed by atoms with Crippen LogP contribution in [0, 0.1) is 0 Å². The smallest absolute Gasteiger partial charge is 0.307 e. The average molecular weight is 476 g/mol. The number of sulfone groups is 1. The third-order valence-corrected chi connectivity index (χ3v) is 7.16. The molecule has 0 saturated carbocycles. The summed E-state index contributed by atoms with van der Waals surface area (Å²) < 4.78 is 30.8. The van der Waals surface area contributed by atoms with E-state index in [1.54, 1.807) is 48.5 Å². The number of carboxylic acid groups (broad SMARTS) is 1. The zero-order chi connectivity index (χ0) is 23.1. The molecule has 0 atom stereocenters. The van der Waals surface area contributed by atoms with E-state index in [0.717, 1.165) is 17.8 Å². The fourth-order valence-electron chi connectivity index (χ4n) is 2.73. The minimum atomic E-state index is -3.77. The fraction of sp³-hybridized carbons (Fsp3) is 0.238. The molecular weight excluding hydrogens is 454 g/mol. The largest absolute Gasteiger partial charge is 0.481 e. The fourth-order valence-corrected chi connectivity index (χ4v) is 5.00. The number of aliphatic carboxylic acids is 1. The highest BCUT2D eigenvalue weighted by molar-refractivity contribution is 7.92. The lowest BCUT2D eigenvalue weighted by atomic mass is 10.1. The van der Waals surface area contributed by atoms with E-state index in [4.69, 9.17) is 9.84 Å². The van der Waals surface area contributed by atoms with Gasteiger partial charge in [-0.2, -0.15) is 0 Å². The molecule has 2 aromatic carbocycles. The summed E-state index contributed by atoms with van der Waals surface area (Å²) >= 11 is 0.778. The molecule has 3 rings (SSSR count). The van der Waals surface area contributed by atoms with Gasteiger partial charge in [0, 0.05) is 12.1 Å². The Balaban J connectivity index is 1.67. The lowest BCUT2D eigenvalue weighted by Crippen LogP contribution is -2.23. The van der Waals surface area contributed by atoms with E-state index in [9.17, 15) is 18.0 Å². The Hall–Kier alpha value is -3.31. The van der Waals surface area contributed by atoms with Crippen molar-refractivity contribution in [3.05, 3.63) is 65.2 Å². The van der Waals surface area contributed by atoms with Crippen molar-refractivity contribution in [3.8, 4) is 10.9 Å². The van der Waals surface area contributed by atoms with Gasteiger partial charge in [-0.1, -0.05) is 36.3 Å². The number of benzene rings is 2. The Morgan fingerprint density at radius 2 is 1.84 bits per heavy atom. The molecule has 0 aliphatic rings. The van der Waals surface area contributed by atoms with Crippen molar-refractivity contribution in [3.63, 3.8) is 0 Å². The Bertz CT molecular complexity index is 1210. The predicted octanol–water partition coefficient (Wildman–Crippen LogP) is 3.07. The molecule has 0 saturated heterocycles. The van der Waals surface area contributed by atoms with Gasteiger partial charge in [-0.15, -0.1) is 5.10 Å². The molecule has 1 aromatic heterocycles. The number of hydrogen-bond acceptors (Lipinski definition) is 8. The SMILES string of the molecule is CCCNC(=O)c1ccc(CS(=O)(=O)c2nnc(Oc3cccc(CC(=O)O)c3)s2)cc1. The zero-order valence-electron chi connectivity index (χ0n) is 17.1. The summed E-state index contributed by atoms with van der Waals surface area (Å²) in [6.45, 7) is 2.52. The minimum Gasteiger partial charge on any atom is -0.481 e. The van der Waals surface area contributed by atoms with E-state index in [1.165, 1.54) is 0 Å². The molecular formula is C21H21N3O6S2. The van der Waals surface area contributed by atoms with Gasteiger partial charge in [0.05, 0.1) is 12.2 Å². The van der Waals surface area contributed by atoms with Gasteiger partial charge < -0.3 is 15.2 Å². The highest BCUT2D eigenvalue weighted by Gasteiger charge is 2.22. The number of amides is 1. The van der Waals surface area contributed by atoms with Crippen LogP contribution in [0.4, 0.5) is 0 Å². The molecule has 3 aromatic rings. The molecule has 0 unspecified atom stereocenters. The van der Waals surface area contributed by atoms with Gasteiger partial charge >= 0.3 is 11.2 Å². The molecule has 1 amide bonds. The lowest BCUT2D eigenvalue weighted by Gasteiger charge is -2.05. The Kier molecular flexibility index (Phi) is 7.54. The molecule has 0 spiro atoms. The van der Waals surface area contributed by atoms with Crippen molar-refractivity contribution in [1.29, 1.82) is 0 Å². The van der Waals surface area contributed by atoms with E-state index < -0.39 is 15.8 Å². The maximum Gasteiger partial charge on any atom is 0.307 e. The van der Waals surface area contributed by atoms with Gasteiger partial charge in [0.25, 0.3) is 5.91 Å². The van der Waals surface area contributed by atoms with Crippen LogP contribution < -0.4 is 10.1 Å². The van der Waals surface area contributed by atoms with Gasteiger partial charge in [-0.3, -0.25) is 9.59 Å². The van der Waals surface area contributed by atoms with Crippen LogP contribution in [0.1, 0.15) is 34.8 Å². The van der Waals surface area contributed by atoms with Crippen LogP contribution in [-0.2, 0) is 26.8 Å². The quantitative estimate of drug-likeness (QED) is 0.457. The van der Waals surface area contributed by atoms with Crippen molar-refractivity contribution in [2.75, 3.05) is 6.54 Å². The number of nitrogens with zero attached hydrogens (tertiary/aromatic N) is 2. The summed E-state index contributed by atoms with van der Waals surface area (Å²) in [5, 5.41) is 19.2. The molecule has 2 N–H and O–H groups in total. The van der Waals surface area contributed by atoms with Gasteiger partial charge in [-0.05, 0) is 53.1 Å². The average Bonchev–Trinajstić information content (AvgIpc) is 3.21. The first-order chi connectivity index (χ1) is 15.3. The number of aromatic nitrogens is 2. The Morgan fingerprint density at radius 1 is 1.09 bits per heavy atom. The maximum absolute atomic E-state index is 12.7. The Labute approximate surface area is 189 Å². The number of ether oxygens (including phenoxy) is 1. The van der Waals surface area contributed by atoms with Crippen molar-refractivity contribution in [1.82, 2.24) is 15.5 Å². The summed E-state index contributed by atoms with van der Waals surface area (Å²) in [6, 6.07) is 12.8. The van der Waals surface area contributed by atoms with Crippen LogP contribution in [0.15, 0.2) is 52.9 Å². The van der Waals surface area contributed by atoms with E-state index in [2.05, 4.69) is 15.5 Å². The van der Waals surface area contributed by atoms with E-state index in [0.29, 0.717) is 29.0 Å². The summed E-state index contributed by atoms with van der Waals surface area (Å²) in [6.07, 6.45) is 0.662. The first-order valence-electron chi connectivity index (χ1n) is 9.69. The Morgan fingerprint density at radius 3 is 2.53 bits per heavy atom. The van der Waals surface area contributed by atoms with E-state index in [-0.39, 0.29) is 27.6 Å². The van der Waals surface area contributed by atoms with Crippen molar-refractivity contribution < 1.29 is 27.9 Å². The number of carboxylic acids is 1. The molecule has 1 heterocycles. The van der Waals surface area contributed by atoms with Crippen LogP contribution in [0.5, 0.6) is 10.9 Å². The molecule has 0 bridgehead atoms. The third-order valence-electron chi connectivity index (χ3n) is 4.22. The molecule has 11 heteroatoms. The van der Waals surface area contributed by atoms with Crippen LogP contribution in [0.2, 0.25) is 0 Å². The zero-order valence-corrected chi connectivity index (χ0v) is 18.8. The first kappa shape index (κ1) is 23.4. The number of rotatable bonds is 10. The van der Waals surface area contributed by atoms with E-state index >= 15 is 0 Å². The number of carbonyl (C=O) groups excluding carboxylic acids is 1. The topological polar surface area (TPSA) is 136 Å². The molecule has 168 valence electrons. The highest BCUT2D eigenvalue weighted by Crippen LogP contribution is 2.29. The molecule has 0 fully saturated rings. The second kappa shape index (κ2) is 10.3. The predicted molar refractivity (Wildman–Crippen MR) is 118 cm³/mol. The summed E-state index contributed by atoms with van der Waals surface area (Å²) in [5.41, 5.74) is 1.51. The standard InChI is InChI=1S/C21H21N3O6S2/c1-2-10-22-19(27)16-8-6-14(7-9-16)13-32(28,29)21-24-23-20(31-21)30-17-5-3-4-15(11-17)12-18(25)26/h3-9,11H,2,10,12-13H2,1H3,(H,22,27)(H,25,26). The summed E-state index contributed by atoms with van der Waals surface area (Å²) in [7, 11) is -3.77. The number of nitrogens with one attached hydrogen (secondary N) is 1. The van der Waals surface area contributed by atoms with Crippen molar-refractivity contribution in [2.24, 2.45) is 0 Å². The van der Waals surface area contributed by atoms with Gasteiger partial charge in [0.1, 0.15) is 5.75 Å². The van der Waals surface area contributed by atoms with Gasteiger partial charge in [0.15, 0.2) is 0 Å². The van der Waals surface area contributed by atoms with E-state index in [1.807, 2.05) is 6.92 Å². The first-order valence-corrected chi connectivity index (χ1v) is 12.2. The molecule has 9 nitrogen and oxygen atoms in total. The summed E-state index contributed by atoms with van der Waals surface area (Å²) in [5.74, 6) is -1.14. The van der Waals surface area contributed by atoms with Crippen molar-refractivity contribution >= 4 is 33.1 Å². The normalized spacial score (nSPS) is 11.2. The number of carbonyl (C=O) groups is 2. The monoisotopic (exact) mass is 475 g/mol. The highest BCUT2D eigenvalue weighted by atomic mass is 32.2. The second-order valence-corrected chi connectivity index (χ2v) is 9.97. The maximum atomic E-state index is 12.7. The minimum absolute atomic E-state index is 0.0268. The van der Waals surface area contributed by atoms with Crippen LogP contribution >= 0.6 is 11.3 Å². The second-order valence-electron chi connectivity index (χ2n) is 6.87. The molecule has 0 aliphatic carbocycles. The van der Waals surface area contributed by atoms with Crippen molar-refractivity contribution in [2.45, 2.75) is 29.9 Å². The van der Waals surface area contributed by atoms with Crippen LogP contribution in [0.25, 0.3) is 0 Å². The lowest BCUT2D eigenvalue weighted by molar-refractivity contribution is -0.136. The third kappa shape index (κ3) is 6.34. The summed E-state index contributed by atoms with van der Waals surface area (Å²) in [4.78, 5) is 22.8. The van der Waals surface area contributed by atoms with Gasteiger partial charge in [0.2, 0.25) is 14.2 Å². The number of hydrogen-bond donors (Lipinski definition) is 2. The molecule has 0 aliphatic heterocycles. The van der Waals surface area contributed by atoms with Gasteiger partial charge in [-0.25, -0.2) is 8.42 Å². The van der Waals surface area contributed by atoms with Crippen LogP contribution in [-0.4, -0.2) is 42.1 Å².